The van der Waals surface area contributed by atoms with Crippen molar-refractivity contribution in [2.75, 3.05) is 6.61 Å². The van der Waals surface area contributed by atoms with Gasteiger partial charge in [-0.1, -0.05) is 26.0 Å². The van der Waals surface area contributed by atoms with Crippen LogP contribution in [0, 0.1) is 5.92 Å². The summed E-state index contributed by atoms with van der Waals surface area (Å²) in [5.41, 5.74) is 0.560. The van der Waals surface area contributed by atoms with Gasteiger partial charge in [0.1, 0.15) is 5.75 Å². The molecular formula is C17H21NO4. The molecule has 0 bridgehead atoms. The Balaban J connectivity index is 2.25. The highest BCUT2D eigenvalue weighted by Crippen LogP contribution is 2.30. The van der Waals surface area contributed by atoms with E-state index >= 15 is 0 Å². The summed E-state index contributed by atoms with van der Waals surface area (Å²) in [6.45, 7) is 8.18. The third kappa shape index (κ3) is 2.98. The van der Waals surface area contributed by atoms with Crippen molar-refractivity contribution in [3.63, 3.8) is 0 Å². The molecule has 118 valence electrons. The van der Waals surface area contributed by atoms with Crippen molar-refractivity contribution in [1.29, 1.82) is 0 Å². The molecule has 0 aliphatic carbocycles. The molecule has 0 saturated carbocycles. The Morgan fingerprint density at radius 1 is 1.05 bits per heavy atom. The molecule has 0 aromatic heterocycles. The van der Waals surface area contributed by atoms with Gasteiger partial charge in [-0.15, -0.1) is 0 Å². The van der Waals surface area contributed by atoms with Crippen LogP contribution < -0.4 is 4.74 Å². The number of ether oxygens (including phenoxy) is 1. The number of nitrogens with zero attached hydrogens (tertiary/aromatic N) is 1. The zero-order chi connectivity index (χ0) is 16.4. The highest BCUT2D eigenvalue weighted by molar-refractivity contribution is 6.35. The van der Waals surface area contributed by atoms with Gasteiger partial charge in [-0.2, -0.15) is 0 Å². The standard InChI is InChI=1S/C17H21NO4/c1-10(2)9-22-13-7-5-12(6-8-13)14-15(19)17(21)18(11(3)4)16(14)20/h5-8,10-11,19H,9H2,1-4H3. The van der Waals surface area contributed by atoms with Gasteiger partial charge in [0.15, 0.2) is 5.76 Å². The summed E-state index contributed by atoms with van der Waals surface area (Å²) in [5.74, 6) is -0.492. The molecule has 0 saturated heterocycles. The molecule has 1 aromatic rings. The van der Waals surface area contributed by atoms with Gasteiger partial charge in [0.25, 0.3) is 11.8 Å². The number of hydrogen-bond donors (Lipinski definition) is 1. The Kier molecular flexibility index (Phi) is 4.54. The Hall–Kier alpha value is -2.30. The average Bonchev–Trinajstić information content (AvgIpc) is 2.67. The molecule has 0 fully saturated rings. The number of aliphatic hydroxyl groups is 1. The van der Waals surface area contributed by atoms with Crippen molar-refractivity contribution in [2.24, 2.45) is 5.92 Å². The maximum atomic E-state index is 12.3. The molecule has 5 nitrogen and oxygen atoms in total. The van der Waals surface area contributed by atoms with Crippen LogP contribution in [0.1, 0.15) is 33.3 Å². The second kappa shape index (κ2) is 6.22. The summed E-state index contributed by atoms with van der Waals surface area (Å²) in [6, 6.07) is 6.52. The van der Waals surface area contributed by atoms with Crippen LogP contribution in [0.5, 0.6) is 5.75 Å². The molecule has 1 heterocycles. The SMILES string of the molecule is CC(C)COc1ccc(C2=C(O)C(=O)N(C(C)C)C2=O)cc1. The first-order chi connectivity index (χ1) is 10.3. The molecule has 1 aliphatic heterocycles. The Bertz CT molecular complexity index is 614. The average molecular weight is 303 g/mol. The number of rotatable bonds is 5. The summed E-state index contributed by atoms with van der Waals surface area (Å²) >= 11 is 0. The van der Waals surface area contributed by atoms with E-state index in [1.54, 1.807) is 38.1 Å². The first kappa shape index (κ1) is 16.1. The number of carbonyl (C=O) groups is 2. The van der Waals surface area contributed by atoms with Gasteiger partial charge in [-0.25, -0.2) is 0 Å². The van der Waals surface area contributed by atoms with Gasteiger partial charge in [0.2, 0.25) is 0 Å². The lowest BCUT2D eigenvalue weighted by molar-refractivity contribution is -0.139. The van der Waals surface area contributed by atoms with Crippen LogP contribution in [0.2, 0.25) is 0 Å². The fraction of sp³-hybridized carbons (Fsp3) is 0.412. The number of imide groups is 1. The van der Waals surface area contributed by atoms with E-state index in [4.69, 9.17) is 4.74 Å². The molecule has 1 aliphatic rings. The number of aliphatic hydroxyl groups excluding tert-OH is 1. The molecule has 0 unspecified atom stereocenters. The molecule has 0 atom stereocenters. The zero-order valence-corrected chi connectivity index (χ0v) is 13.3. The highest BCUT2D eigenvalue weighted by atomic mass is 16.5. The lowest BCUT2D eigenvalue weighted by Crippen LogP contribution is -2.37. The lowest BCUT2D eigenvalue weighted by atomic mass is 10.1. The van der Waals surface area contributed by atoms with E-state index in [0.29, 0.717) is 23.8 Å². The molecule has 1 aromatic carbocycles. The van der Waals surface area contributed by atoms with Crippen molar-refractivity contribution in [3.8, 4) is 5.75 Å². The van der Waals surface area contributed by atoms with Crippen LogP contribution in [0.3, 0.4) is 0 Å². The largest absolute Gasteiger partial charge is 0.502 e. The van der Waals surface area contributed by atoms with Crippen molar-refractivity contribution >= 4 is 17.4 Å². The fourth-order valence-corrected chi connectivity index (χ4v) is 2.24. The van der Waals surface area contributed by atoms with Crippen LogP contribution in [0.4, 0.5) is 0 Å². The highest BCUT2D eigenvalue weighted by Gasteiger charge is 2.40. The molecular weight excluding hydrogens is 282 g/mol. The summed E-state index contributed by atoms with van der Waals surface area (Å²) in [5, 5.41) is 9.98. The first-order valence-corrected chi connectivity index (χ1v) is 7.37. The van der Waals surface area contributed by atoms with Crippen LogP contribution in [0.15, 0.2) is 30.0 Å². The topological polar surface area (TPSA) is 66.8 Å². The van der Waals surface area contributed by atoms with E-state index in [-0.39, 0.29) is 11.6 Å². The summed E-state index contributed by atoms with van der Waals surface area (Å²) < 4.78 is 5.58. The van der Waals surface area contributed by atoms with Crippen molar-refractivity contribution in [1.82, 2.24) is 4.90 Å². The summed E-state index contributed by atoms with van der Waals surface area (Å²) in [6.07, 6.45) is 0. The normalized spacial score (nSPS) is 15.5. The van der Waals surface area contributed by atoms with Gasteiger partial charge in [-0.05, 0) is 37.5 Å². The minimum absolute atomic E-state index is 0.0501. The number of carbonyl (C=O) groups excluding carboxylic acids is 2. The smallest absolute Gasteiger partial charge is 0.296 e. The van der Waals surface area contributed by atoms with Crippen LogP contribution in [-0.4, -0.2) is 34.5 Å². The number of hydrogen-bond acceptors (Lipinski definition) is 4. The monoisotopic (exact) mass is 303 g/mol. The second-order valence-corrected chi connectivity index (χ2v) is 6.03. The second-order valence-electron chi connectivity index (χ2n) is 6.03. The van der Waals surface area contributed by atoms with Crippen LogP contribution in [0.25, 0.3) is 5.57 Å². The van der Waals surface area contributed by atoms with Crippen LogP contribution in [-0.2, 0) is 9.59 Å². The van der Waals surface area contributed by atoms with Gasteiger partial charge < -0.3 is 9.84 Å². The fourth-order valence-electron chi connectivity index (χ4n) is 2.24. The van der Waals surface area contributed by atoms with E-state index in [0.717, 1.165) is 4.90 Å². The van der Waals surface area contributed by atoms with Gasteiger partial charge in [0, 0.05) is 6.04 Å². The molecule has 2 amide bonds. The number of benzene rings is 1. The first-order valence-electron chi connectivity index (χ1n) is 7.37. The maximum Gasteiger partial charge on any atom is 0.296 e. The van der Waals surface area contributed by atoms with E-state index in [1.807, 2.05) is 0 Å². The van der Waals surface area contributed by atoms with Crippen LogP contribution >= 0.6 is 0 Å². The van der Waals surface area contributed by atoms with Gasteiger partial charge >= 0.3 is 0 Å². The predicted molar refractivity (Wildman–Crippen MR) is 83.3 cm³/mol. The Morgan fingerprint density at radius 2 is 1.64 bits per heavy atom. The van der Waals surface area contributed by atoms with Crippen molar-refractivity contribution in [3.05, 3.63) is 35.6 Å². The molecule has 2 rings (SSSR count). The molecule has 0 spiro atoms. The third-order valence-electron chi connectivity index (χ3n) is 3.33. The summed E-state index contributed by atoms with van der Waals surface area (Å²) in [4.78, 5) is 25.3. The van der Waals surface area contributed by atoms with Gasteiger partial charge in [0.05, 0.1) is 12.2 Å². The molecule has 1 N–H and O–H groups in total. The zero-order valence-electron chi connectivity index (χ0n) is 13.3. The number of amides is 2. The quantitative estimate of drug-likeness (QED) is 0.849. The van der Waals surface area contributed by atoms with Crippen molar-refractivity contribution < 1.29 is 19.4 Å². The van der Waals surface area contributed by atoms with E-state index in [9.17, 15) is 14.7 Å². The predicted octanol–water partition coefficient (Wildman–Crippen LogP) is 2.77. The Labute approximate surface area is 130 Å². The van der Waals surface area contributed by atoms with E-state index in [2.05, 4.69) is 13.8 Å². The molecule has 0 radical (unpaired) electrons. The summed E-state index contributed by atoms with van der Waals surface area (Å²) in [7, 11) is 0. The van der Waals surface area contributed by atoms with Crippen molar-refractivity contribution in [2.45, 2.75) is 33.7 Å². The van der Waals surface area contributed by atoms with E-state index < -0.39 is 17.6 Å². The third-order valence-corrected chi connectivity index (χ3v) is 3.33. The van der Waals surface area contributed by atoms with Gasteiger partial charge in [-0.3, -0.25) is 14.5 Å². The maximum absolute atomic E-state index is 12.3. The minimum Gasteiger partial charge on any atom is -0.502 e. The lowest BCUT2D eigenvalue weighted by Gasteiger charge is -2.18. The van der Waals surface area contributed by atoms with E-state index in [1.165, 1.54) is 0 Å². The molecule has 5 heteroatoms. The molecule has 22 heavy (non-hydrogen) atoms. The Morgan fingerprint density at radius 3 is 2.09 bits per heavy atom. The minimum atomic E-state index is -0.643.